The van der Waals surface area contributed by atoms with E-state index >= 15 is 0 Å². The van der Waals surface area contributed by atoms with Crippen molar-refractivity contribution in [3.05, 3.63) is 0 Å². The van der Waals surface area contributed by atoms with Crippen molar-refractivity contribution in [2.75, 3.05) is 19.7 Å². The summed E-state index contributed by atoms with van der Waals surface area (Å²) < 4.78 is 4.87. The Kier molecular flexibility index (Phi) is 3.78. The van der Waals surface area contributed by atoms with Crippen LogP contribution in [0.15, 0.2) is 0 Å². The molecule has 0 aromatic carbocycles. The number of rotatable bonds is 3. The molecular weight excluding hydrogens is 210 g/mol. The van der Waals surface area contributed by atoms with Gasteiger partial charge in [-0.25, -0.2) is 4.79 Å². The Balaban J connectivity index is 2.75. The Morgan fingerprint density at radius 3 is 2.50 bits per heavy atom. The van der Waals surface area contributed by atoms with E-state index in [1.165, 1.54) is 4.90 Å². The van der Waals surface area contributed by atoms with Crippen molar-refractivity contribution in [3.8, 4) is 0 Å². The molecule has 1 rings (SSSR count). The summed E-state index contributed by atoms with van der Waals surface area (Å²) in [5, 5.41) is 9.28. The van der Waals surface area contributed by atoms with Gasteiger partial charge in [-0.3, -0.25) is 4.79 Å². The molecule has 1 N–H and O–H groups in total. The van der Waals surface area contributed by atoms with Crippen LogP contribution in [0.2, 0.25) is 0 Å². The lowest BCUT2D eigenvalue weighted by Crippen LogP contribution is -2.40. The molecule has 1 saturated heterocycles. The van der Waals surface area contributed by atoms with Gasteiger partial charge in [0.1, 0.15) is 0 Å². The maximum absolute atomic E-state index is 11.5. The zero-order valence-corrected chi connectivity index (χ0v) is 10.0. The van der Waals surface area contributed by atoms with Crippen LogP contribution in [-0.2, 0) is 9.53 Å². The van der Waals surface area contributed by atoms with Crippen molar-refractivity contribution < 1.29 is 19.4 Å². The minimum absolute atomic E-state index is 0.00410. The fourth-order valence-corrected chi connectivity index (χ4v) is 2.10. The number of amides is 1. The number of nitrogens with zero attached hydrogens (tertiary/aromatic N) is 1. The highest BCUT2D eigenvalue weighted by Crippen LogP contribution is 2.38. The van der Waals surface area contributed by atoms with E-state index < -0.39 is 17.5 Å². The van der Waals surface area contributed by atoms with E-state index in [0.29, 0.717) is 19.6 Å². The van der Waals surface area contributed by atoms with Crippen molar-refractivity contribution in [3.63, 3.8) is 0 Å². The summed E-state index contributed by atoms with van der Waals surface area (Å²) in [6, 6.07) is 0. The standard InChI is InChI=1S/C11H19NO4/c1-4-16-10(15)12-6-5-11(7-12,8(2)3)9(13)14/h8H,4-7H2,1-3H3,(H,13,14). The van der Waals surface area contributed by atoms with Crippen LogP contribution in [-0.4, -0.2) is 41.8 Å². The number of carbonyl (C=O) groups is 2. The summed E-state index contributed by atoms with van der Waals surface area (Å²) in [6.07, 6.45) is 0.0880. The Bertz CT molecular complexity index is 290. The molecule has 1 fully saturated rings. The van der Waals surface area contributed by atoms with E-state index in [1.54, 1.807) is 6.92 Å². The molecule has 0 aromatic heterocycles. The Morgan fingerprint density at radius 1 is 1.50 bits per heavy atom. The first-order chi connectivity index (χ1) is 7.44. The van der Waals surface area contributed by atoms with Gasteiger partial charge in [0.2, 0.25) is 0 Å². The summed E-state index contributed by atoms with van der Waals surface area (Å²) in [5.41, 5.74) is -0.813. The number of carboxylic acids is 1. The molecule has 92 valence electrons. The van der Waals surface area contributed by atoms with E-state index in [-0.39, 0.29) is 12.5 Å². The number of aliphatic carboxylic acids is 1. The minimum atomic E-state index is -0.825. The summed E-state index contributed by atoms with van der Waals surface area (Å²) in [7, 11) is 0. The minimum Gasteiger partial charge on any atom is -0.481 e. The van der Waals surface area contributed by atoms with E-state index in [9.17, 15) is 14.7 Å². The SMILES string of the molecule is CCOC(=O)N1CCC(C(=O)O)(C(C)C)C1. The third kappa shape index (κ3) is 2.13. The zero-order chi connectivity index (χ0) is 12.3. The molecule has 1 aliphatic heterocycles. The monoisotopic (exact) mass is 229 g/mol. The molecule has 0 spiro atoms. The van der Waals surface area contributed by atoms with Gasteiger partial charge < -0.3 is 14.7 Å². The van der Waals surface area contributed by atoms with Gasteiger partial charge in [0.15, 0.2) is 0 Å². The van der Waals surface area contributed by atoms with Crippen LogP contribution in [0.5, 0.6) is 0 Å². The number of ether oxygens (including phenoxy) is 1. The summed E-state index contributed by atoms with van der Waals surface area (Å²) >= 11 is 0. The third-order valence-corrected chi connectivity index (χ3v) is 3.36. The van der Waals surface area contributed by atoms with Gasteiger partial charge in [0.05, 0.1) is 12.0 Å². The quantitative estimate of drug-likeness (QED) is 0.797. The maximum Gasteiger partial charge on any atom is 0.409 e. The molecule has 1 heterocycles. The van der Waals surface area contributed by atoms with Crippen LogP contribution in [0.1, 0.15) is 27.2 Å². The summed E-state index contributed by atoms with van der Waals surface area (Å²) in [4.78, 5) is 24.3. The molecule has 1 amide bonds. The van der Waals surface area contributed by atoms with Gasteiger partial charge in [-0.05, 0) is 19.3 Å². The van der Waals surface area contributed by atoms with Crippen molar-refractivity contribution in [2.24, 2.45) is 11.3 Å². The highest BCUT2D eigenvalue weighted by molar-refractivity contribution is 5.78. The normalized spacial score (nSPS) is 24.9. The molecule has 0 aromatic rings. The molecule has 0 radical (unpaired) electrons. The van der Waals surface area contributed by atoms with E-state index in [0.717, 1.165) is 0 Å². The first-order valence-electron chi connectivity index (χ1n) is 5.59. The average Bonchev–Trinajstić information content (AvgIpc) is 2.63. The maximum atomic E-state index is 11.5. The van der Waals surface area contributed by atoms with Crippen LogP contribution in [0, 0.1) is 11.3 Å². The van der Waals surface area contributed by atoms with Gasteiger partial charge in [0.25, 0.3) is 0 Å². The summed E-state index contributed by atoms with van der Waals surface area (Å²) in [5.74, 6) is -0.821. The molecule has 0 bridgehead atoms. The number of hydrogen-bond donors (Lipinski definition) is 1. The first-order valence-corrected chi connectivity index (χ1v) is 5.59. The number of carboxylic acid groups (broad SMARTS) is 1. The smallest absolute Gasteiger partial charge is 0.409 e. The zero-order valence-electron chi connectivity index (χ0n) is 10.0. The molecular formula is C11H19NO4. The topological polar surface area (TPSA) is 66.8 Å². The molecule has 0 aliphatic carbocycles. The van der Waals surface area contributed by atoms with Crippen LogP contribution < -0.4 is 0 Å². The fraction of sp³-hybridized carbons (Fsp3) is 0.818. The number of likely N-dealkylation sites (tertiary alicyclic amines) is 1. The summed E-state index contributed by atoms with van der Waals surface area (Å²) in [6.45, 7) is 6.52. The van der Waals surface area contributed by atoms with Crippen LogP contribution in [0.4, 0.5) is 4.79 Å². The fourth-order valence-electron chi connectivity index (χ4n) is 2.10. The second kappa shape index (κ2) is 4.72. The molecule has 5 heteroatoms. The molecule has 16 heavy (non-hydrogen) atoms. The number of hydrogen-bond acceptors (Lipinski definition) is 3. The van der Waals surface area contributed by atoms with Gasteiger partial charge in [-0.1, -0.05) is 13.8 Å². The van der Waals surface area contributed by atoms with E-state index in [2.05, 4.69) is 0 Å². The highest BCUT2D eigenvalue weighted by atomic mass is 16.6. The molecule has 1 unspecified atom stereocenters. The van der Waals surface area contributed by atoms with Crippen LogP contribution in [0.3, 0.4) is 0 Å². The van der Waals surface area contributed by atoms with Gasteiger partial charge in [-0.15, -0.1) is 0 Å². The van der Waals surface area contributed by atoms with Crippen molar-refractivity contribution in [2.45, 2.75) is 27.2 Å². The van der Waals surface area contributed by atoms with Crippen LogP contribution >= 0.6 is 0 Å². The van der Waals surface area contributed by atoms with Gasteiger partial charge >= 0.3 is 12.1 Å². The predicted molar refractivity (Wildman–Crippen MR) is 58.1 cm³/mol. The van der Waals surface area contributed by atoms with Crippen LogP contribution in [0.25, 0.3) is 0 Å². The Hall–Kier alpha value is -1.26. The largest absolute Gasteiger partial charge is 0.481 e. The first kappa shape index (κ1) is 12.8. The van der Waals surface area contributed by atoms with E-state index in [1.807, 2.05) is 13.8 Å². The highest BCUT2D eigenvalue weighted by Gasteiger charge is 2.48. The van der Waals surface area contributed by atoms with Gasteiger partial charge in [-0.2, -0.15) is 0 Å². The second-order valence-corrected chi connectivity index (χ2v) is 4.49. The lowest BCUT2D eigenvalue weighted by molar-refractivity contribution is -0.150. The lowest BCUT2D eigenvalue weighted by atomic mass is 9.76. The molecule has 0 saturated carbocycles. The Morgan fingerprint density at radius 2 is 2.12 bits per heavy atom. The average molecular weight is 229 g/mol. The predicted octanol–water partition coefficient (Wildman–Crippen LogP) is 1.58. The van der Waals surface area contributed by atoms with Gasteiger partial charge in [0, 0.05) is 13.1 Å². The molecule has 1 atom stereocenters. The third-order valence-electron chi connectivity index (χ3n) is 3.36. The molecule has 5 nitrogen and oxygen atoms in total. The molecule has 1 aliphatic rings. The number of carbonyl (C=O) groups excluding carboxylic acids is 1. The lowest BCUT2D eigenvalue weighted by Gasteiger charge is -2.28. The second-order valence-electron chi connectivity index (χ2n) is 4.49. The van der Waals surface area contributed by atoms with E-state index in [4.69, 9.17) is 4.74 Å². The van der Waals surface area contributed by atoms with Crippen molar-refractivity contribution in [1.29, 1.82) is 0 Å². The Labute approximate surface area is 95.4 Å². The van der Waals surface area contributed by atoms with Crippen molar-refractivity contribution >= 4 is 12.1 Å². The van der Waals surface area contributed by atoms with Crippen molar-refractivity contribution in [1.82, 2.24) is 4.90 Å².